The summed E-state index contributed by atoms with van der Waals surface area (Å²) < 4.78 is 11.0. The van der Waals surface area contributed by atoms with Crippen molar-refractivity contribution in [1.29, 1.82) is 0 Å². The van der Waals surface area contributed by atoms with Crippen LogP contribution in [0.2, 0.25) is 0 Å². The molecule has 0 spiro atoms. The summed E-state index contributed by atoms with van der Waals surface area (Å²) >= 11 is 0. The second kappa shape index (κ2) is 18.1. The molecule has 1 rings (SSSR count). The molecule has 6 nitrogen and oxygen atoms in total. The Morgan fingerprint density at radius 3 is 2.12 bits per heavy atom. The van der Waals surface area contributed by atoms with Crippen LogP contribution in [0, 0.1) is 17.3 Å². The predicted octanol–water partition coefficient (Wildman–Crippen LogP) is 6.01. The van der Waals surface area contributed by atoms with Gasteiger partial charge in [-0.3, -0.25) is 9.59 Å². The molecule has 1 aliphatic carbocycles. The molecule has 190 valence electrons. The van der Waals surface area contributed by atoms with Gasteiger partial charge in [0.05, 0.1) is 18.3 Å². The molecule has 0 aromatic rings. The quantitative estimate of drug-likeness (QED) is 0.291. The SMILES string of the molecule is C=CC(C)CCCC(C)(C)O.CCC(COC1CCCCC1C(C)(C)C)OC=O.O=CO. The van der Waals surface area contributed by atoms with Gasteiger partial charge in [-0.15, -0.1) is 6.58 Å². The van der Waals surface area contributed by atoms with Gasteiger partial charge in [0.2, 0.25) is 0 Å². The molecule has 0 bridgehead atoms. The largest absolute Gasteiger partial charge is 0.483 e. The van der Waals surface area contributed by atoms with Crippen LogP contribution in [-0.2, 0) is 19.1 Å². The average Bonchev–Trinajstić information content (AvgIpc) is 2.70. The fraction of sp³-hybridized carbons (Fsp3) is 0.846. The van der Waals surface area contributed by atoms with E-state index in [0.29, 0.717) is 31.0 Å². The number of carbonyl (C=O) groups excluding carboxylic acids is 1. The molecule has 0 aromatic carbocycles. The molecule has 32 heavy (non-hydrogen) atoms. The number of rotatable bonds is 11. The molecule has 0 aliphatic heterocycles. The van der Waals surface area contributed by atoms with Crippen molar-refractivity contribution in [3.05, 3.63) is 12.7 Å². The third-order valence-corrected chi connectivity index (χ3v) is 5.86. The zero-order valence-corrected chi connectivity index (χ0v) is 21.6. The molecule has 1 saturated carbocycles. The lowest BCUT2D eigenvalue weighted by Crippen LogP contribution is -2.38. The van der Waals surface area contributed by atoms with Crippen molar-refractivity contribution >= 4 is 12.9 Å². The number of hydrogen-bond donors (Lipinski definition) is 2. The summed E-state index contributed by atoms with van der Waals surface area (Å²) in [6.07, 6.45) is 11.0. The third kappa shape index (κ3) is 18.2. The second-order valence-electron chi connectivity index (χ2n) is 10.4. The highest BCUT2D eigenvalue weighted by Crippen LogP contribution is 2.39. The molecular weight excluding hydrogens is 408 g/mol. The van der Waals surface area contributed by atoms with Gasteiger partial charge in [-0.1, -0.05) is 60.0 Å². The highest BCUT2D eigenvalue weighted by atomic mass is 16.6. The van der Waals surface area contributed by atoms with Crippen LogP contribution in [0.25, 0.3) is 0 Å². The maximum absolute atomic E-state index is 10.4. The van der Waals surface area contributed by atoms with E-state index < -0.39 is 5.60 Å². The number of carbonyl (C=O) groups is 2. The number of allylic oxidation sites excluding steroid dienone is 1. The molecule has 0 heterocycles. The van der Waals surface area contributed by atoms with Crippen LogP contribution in [0.5, 0.6) is 0 Å². The zero-order valence-electron chi connectivity index (χ0n) is 21.6. The third-order valence-electron chi connectivity index (χ3n) is 5.86. The number of hydrogen-bond acceptors (Lipinski definition) is 5. The molecule has 4 unspecified atom stereocenters. The minimum atomic E-state index is -0.499. The van der Waals surface area contributed by atoms with Gasteiger partial charge in [0.15, 0.2) is 0 Å². The standard InChI is InChI=1S/C15H28O3.C10H20O.CH2O2/c1-5-12(18-11-16)10-17-14-9-7-6-8-13(14)15(2,3)4;1-5-9(2)7-6-8-10(3,4)11;2-1-3/h11-14H,5-10H2,1-4H3;5,9,11H,1,6-8H2,2-4H3;1H,(H,2,3). The van der Waals surface area contributed by atoms with Crippen LogP contribution in [0.4, 0.5) is 0 Å². The molecule has 6 heteroatoms. The van der Waals surface area contributed by atoms with Crippen LogP contribution < -0.4 is 0 Å². The Hall–Kier alpha value is -1.40. The van der Waals surface area contributed by atoms with E-state index in [1.54, 1.807) is 0 Å². The number of ether oxygens (including phenoxy) is 2. The van der Waals surface area contributed by atoms with E-state index in [0.717, 1.165) is 32.1 Å². The number of aliphatic hydroxyl groups is 1. The van der Waals surface area contributed by atoms with Gasteiger partial charge in [0.25, 0.3) is 12.9 Å². The summed E-state index contributed by atoms with van der Waals surface area (Å²) in [4.78, 5) is 18.7. The van der Waals surface area contributed by atoms with Crippen molar-refractivity contribution in [1.82, 2.24) is 0 Å². The van der Waals surface area contributed by atoms with Crippen molar-refractivity contribution in [3.8, 4) is 0 Å². The van der Waals surface area contributed by atoms with Gasteiger partial charge in [-0.2, -0.15) is 0 Å². The Labute approximate surface area is 196 Å². The van der Waals surface area contributed by atoms with E-state index in [1.165, 1.54) is 19.3 Å². The molecular formula is C26H50O6. The van der Waals surface area contributed by atoms with Crippen molar-refractivity contribution in [2.75, 3.05) is 6.61 Å². The molecule has 0 amide bonds. The average molecular weight is 459 g/mol. The fourth-order valence-corrected chi connectivity index (χ4v) is 3.82. The van der Waals surface area contributed by atoms with Gasteiger partial charge in [0, 0.05) is 0 Å². The van der Waals surface area contributed by atoms with Crippen LogP contribution in [0.15, 0.2) is 12.7 Å². The molecule has 4 atom stereocenters. The Morgan fingerprint density at radius 2 is 1.69 bits per heavy atom. The fourth-order valence-electron chi connectivity index (χ4n) is 3.82. The van der Waals surface area contributed by atoms with Crippen LogP contribution in [0.3, 0.4) is 0 Å². The van der Waals surface area contributed by atoms with E-state index >= 15 is 0 Å². The summed E-state index contributed by atoms with van der Waals surface area (Å²) in [7, 11) is 0. The lowest BCUT2D eigenvalue weighted by molar-refractivity contribution is -0.141. The summed E-state index contributed by atoms with van der Waals surface area (Å²) in [5.41, 5.74) is -0.209. The van der Waals surface area contributed by atoms with E-state index in [2.05, 4.69) is 34.3 Å². The maximum atomic E-state index is 10.4. The minimum absolute atomic E-state index is 0.0926. The Morgan fingerprint density at radius 1 is 1.12 bits per heavy atom. The molecule has 0 radical (unpaired) electrons. The highest BCUT2D eigenvalue weighted by Gasteiger charge is 2.35. The van der Waals surface area contributed by atoms with Gasteiger partial charge < -0.3 is 19.7 Å². The van der Waals surface area contributed by atoms with Gasteiger partial charge >= 0.3 is 0 Å². The van der Waals surface area contributed by atoms with Gasteiger partial charge in [-0.05, 0) is 63.2 Å². The summed E-state index contributed by atoms with van der Waals surface area (Å²) in [6.45, 7) is 19.3. The highest BCUT2D eigenvalue weighted by molar-refractivity contribution is 5.37. The second-order valence-corrected chi connectivity index (χ2v) is 10.4. The lowest BCUT2D eigenvalue weighted by Gasteiger charge is -2.40. The van der Waals surface area contributed by atoms with E-state index in [1.807, 2.05) is 26.8 Å². The first kappa shape index (κ1) is 32.8. The Bertz CT molecular complexity index is 478. The molecule has 0 saturated heterocycles. The molecule has 0 aromatic heterocycles. The van der Waals surface area contributed by atoms with E-state index in [9.17, 15) is 9.90 Å². The van der Waals surface area contributed by atoms with Crippen molar-refractivity contribution < 1.29 is 29.3 Å². The first-order chi connectivity index (χ1) is 14.9. The van der Waals surface area contributed by atoms with Crippen LogP contribution >= 0.6 is 0 Å². The van der Waals surface area contributed by atoms with Crippen molar-refractivity contribution in [3.63, 3.8) is 0 Å². The molecule has 2 N–H and O–H groups in total. The van der Waals surface area contributed by atoms with Crippen molar-refractivity contribution in [2.24, 2.45) is 17.3 Å². The van der Waals surface area contributed by atoms with Crippen molar-refractivity contribution in [2.45, 2.75) is 118 Å². The summed E-state index contributed by atoms with van der Waals surface area (Å²) in [5, 5.41) is 16.3. The normalized spacial score (nSPS) is 20.4. The van der Waals surface area contributed by atoms with Gasteiger partial charge in [0.1, 0.15) is 6.10 Å². The lowest BCUT2D eigenvalue weighted by atomic mass is 9.70. The monoisotopic (exact) mass is 458 g/mol. The topological polar surface area (TPSA) is 93.1 Å². The molecule has 1 aliphatic rings. The smallest absolute Gasteiger partial charge is 0.293 e. The van der Waals surface area contributed by atoms with Gasteiger partial charge in [-0.25, -0.2) is 0 Å². The first-order valence-corrected chi connectivity index (χ1v) is 12.0. The van der Waals surface area contributed by atoms with E-state index in [4.69, 9.17) is 19.4 Å². The van der Waals surface area contributed by atoms with E-state index in [-0.39, 0.29) is 18.0 Å². The van der Waals surface area contributed by atoms with Crippen LogP contribution in [0.1, 0.15) is 99.8 Å². The predicted molar refractivity (Wildman–Crippen MR) is 131 cm³/mol. The Balaban J connectivity index is 0. The number of carboxylic acid groups (broad SMARTS) is 1. The van der Waals surface area contributed by atoms with Crippen LogP contribution in [-0.4, -0.2) is 47.6 Å². The molecule has 1 fully saturated rings. The first-order valence-electron chi connectivity index (χ1n) is 12.0. The summed E-state index contributed by atoms with van der Waals surface area (Å²) in [5.74, 6) is 1.19. The zero-order chi connectivity index (χ0) is 25.2. The summed E-state index contributed by atoms with van der Waals surface area (Å²) in [6, 6.07) is 0. The minimum Gasteiger partial charge on any atom is -0.483 e. The maximum Gasteiger partial charge on any atom is 0.293 e. The Kier molecular flexibility index (Phi) is 18.5.